The van der Waals surface area contributed by atoms with E-state index in [4.69, 9.17) is 5.11 Å². The average molecular weight is 266 g/mol. The van der Waals surface area contributed by atoms with E-state index < -0.39 is 11.7 Å². The Morgan fingerprint density at radius 3 is 3.00 bits per heavy atom. The maximum absolute atomic E-state index is 13.1. The molecule has 19 heavy (non-hydrogen) atoms. The van der Waals surface area contributed by atoms with Gasteiger partial charge in [-0.1, -0.05) is 6.07 Å². The molecule has 1 aliphatic heterocycles. The summed E-state index contributed by atoms with van der Waals surface area (Å²) in [5.41, 5.74) is 0.461. The Hall–Kier alpha value is -1.95. The topological polar surface area (TPSA) is 69.6 Å². The number of hydrogen-bond donors (Lipinski definition) is 2. The van der Waals surface area contributed by atoms with E-state index in [1.807, 2.05) is 0 Å². The number of nitrogens with zero attached hydrogens (tertiary/aromatic N) is 1. The van der Waals surface area contributed by atoms with Gasteiger partial charge in [0.25, 0.3) is 0 Å². The molecule has 0 aliphatic carbocycles. The third kappa shape index (κ3) is 3.08. The normalized spacial score (nSPS) is 18.7. The Balaban J connectivity index is 2.05. The summed E-state index contributed by atoms with van der Waals surface area (Å²) in [6.45, 7) is 0.267. The van der Waals surface area contributed by atoms with E-state index in [-0.39, 0.29) is 37.9 Å². The van der Waals surface area contributed by atoms with Crippen molar-refractivity contribution in [1.82, 2.24) is 5.32 Å². The predicted octanol–water partition coefficient (Wildman–Crippen LogP) is 0.287. The fourth-order valence-electron chi connectivity index (χ4n) is 2.10. The standard InChI is InChI=1S/C13H15FN2O3/c14-10-2-1-3-11(7-10)16-8-9(6-12(16)18)13(19)15-4-5-17/h1-3,7,9,17H,4-6,8H2,(H,15,19). The van der Waals surface area contributed by atoms with Gasteiger partial charge in [-0.15, -0.1) is 0 Å². The predicted molar refractivity (Wildman–Crippen MR) is 67.0 cm³/mol. The van der Waals surface area contributed by atoms with E-state index in [1.54, 1.807) is 6.07 Å². The zero-order valence-corrected chi connectivity index (χ0v) is 10.3. The van der Waals surface area contributed by atoms with E-state index in [1.165, 1.54) is 23.1 Å². The quantitative estimate of drug-likeness (QED) is 0.823. The van der Waals surface area contributed by atoms with Gasteiger partial charge in [-0.3, -0.25) is 9.59 Å². The van der Waals surface area contributed by atoms with Crippen molar-refractivity contribution in [3.63, 3.8) is 0 Å². The van der Waals surface area contributed by atoms with Crippen LogP contribution in [-0.2, 0) is 9.59 Å². The molecule has 2 rings (SSSR count). The summed E-state index contributed by atoms with van der Waals surface area (Å²) in [6.07, 6.45) is 0.105. The summed E-state index contributed by atoms with van der Waals surface area (Å²) < 4.78 is 13.1. The lowest BCUT2D eigenvalue weighted by molar-refractivity contribution is -0.126. The molecule has 0 saturated carbocycles. The molecule has 2 amide bonds. The van der Waals surface area contributed by atoms with Gasteiger partial charge in [-0.05, 0) is 18.2 Å². The summed E-state index contributed by atoms with van der Waals surface area (Å²) in [7, 11) is 0. The van der Waals surface area contributed by atoms with Crippen LogP contribution in [0.1, 0.15) is 6.42 Å². The highest BCUT2D eigenvalue weighted by atomic mass is 19.1. The first kappa shape index (κ1) is 13.5. The van der Waals surface area contributed by atoms with Gasteiger partial charge in [0.15, 0.2) is 0 Å². The highest BCUT2D eigenvalue weighted by molar-refractivity contribution is 6.00. The van der Waals surface area contributed by atoms with Crippen LogP contribution in [0.5, 0.6) is 0 Å². The maximum atomic E-state index is 13.1. The molecule has 0 aromatic heterocycles. The Morgan fingerprint density at radius 2 is 2.32 bits per heavy atom. The van der Waals surface area contributed by atoms with Crippen molar-refractivity contribution >= 4 is 17.5 Å². The van der Waals surface area contributed by atoms with E-state index in [2.05, 4.69) is 5.32 Å². The number of halogens is 1. The highest BCUT2D eigenvalue weighted by Crippen LogP contribution is 2.25. The Labute approximate surface area is 110 Å². The molecule has 0 bridgehead atoms. The largest absolute Gasteiger partial charge is 0.395 e. The lowest BCUT2D eigenvalue weighted by atomic mass is 10.1. The van der Waals surface area contributed by atoms with Gasteiger partial charge in [0.2, 0.25) is 11.8 Å². The van der Waals surface area contributed by atoms with Crippen molar-refractivity contribution in [1.29, 1.82) is 0 Å². The lowest BCUT2D eigenvalue weighted by Gasteiger charge is -2.16. The summed E-state index contributed by atoms with van der Waals surface area (Å²) >= 11 is 0. The first-order valence-electron chi connectivity index (χ1n) is 6.06. The summed E-state index contributed by atoms with van der Waals surface area (Å²) in [5, 5.41) is 11.2. The third-order valence-corrected chi connectivity index (χ3v) is 3.03. The van der Waals surface area contributed by atoms with Crippen molar-refractivity contribution < 1.29 is 19.1 Å². The van der Waals surface area contributed by atoms with Gasteiger partial charge in [-0.2, -0.15) is 0 Å². The Kier molecular flexibility index (Phi) is 4.11. The fraction of sp³-hybridized carbons (Fsp3) is 0.385. The van der Waals surface area contributed by atoms with Gasteiger partial charge < -0.3 is 15.3 Å². The molecule has 102 valence electrons. The molecule has 1 aromatic carbocycles. The molecular weight excluding hydrogens is 251 g/mol. The minimum absolute atomic E-state index is 0.105. The first-order valence-corrected chi connectivity index (χ1v) is 6.06. The number of hydrogen-bond acceptors (Lipinski definition) is 3. The van der Waals surface area contributed by atoms with E-state index in [0.29, 0.717) is 5.69 Å². The van der Waals surface area contributed by atoms with E-state index in [0.717, 1.165) is 0 Å². The van der Waals surface area contributed by atoms with E-state index in [9.17, 15) is 14.0 Å². The number of rotatable bonds is 4. The molecule has 1 saturated heterocycles. The molecule has 2 N–H and O–H groups in total. The second kappa shape index (κ2) is 5.79. The lowest BCUT2D eigenvalue weighted by Crippen LogP contribution is -2.34. The van der Waals surface area contributed by atoms with Crippen LogP contribution < -0.4 is 10.2 Å². The number of aliphatic hydroxyl groups excluding tert-OH is 1. The number of nitrogens with one attached hydrogen (secondary N) is 1. The van der Waals surface area contributed by atoms with Crippen LogP contribution in [0.25, 0.3) is 0 Å². The van der Waals surface area contributed by atoms with Crippen LogP contribution in [0.4, 0.5) is 10.1 Å². The zero-order chi connectivity index (χ0) is 13.8. The number of amides is 2. The van der Waals surface area contributed by atoms with Crippen molar-refractivity contribution in [3.8, 4) is 0 Å². The van der Waals surface area contributed by atoms with Crippen LogP contribution in [0.2, 0.25) is 0 Å². The van der Waals surface area contributed by atoms with Crippen molar-refractivity contribution in [2.24, 2.45) is 5.92 Å². The van der Waals surface area contributed by atoms with Crippen molar-refractivity contribution in [2.75, 3.05) is 24.6 Å². The minimum Gasteiger partial charge on any atom is -0.395 e. The number of benzene rings is 1. The van der Waals surface area contributed by atoms with Crippen molar-refractivity contribution in [3.05, 3.63) is 30.1 Å². The summed E-state index contributed by atoms with van der Waals surface area (Å²) in [4.78, 5) is 25.0. The highest BCUT2D eigenvalue weighted by Gasteiger charge is 2.34. The summed E-state index contributed by atoms with van der Waals surface area (Å²) in [6, 6.07) is 5.73. The zero-order valence-electron chi connectivity index (χ0n) is 10.3. The molecule has 6 heteroatoms. The fourth-order valence-corrected chi connectivity index (χ4v) is 2.10. The van der Waals surface area contributed by atoms with Gasteiger partial charge in [-0.25, -0.2) is 4.39 Å². The maximum Gasteiger partial charge on any atom is 0.227 e. The van der Waals surface area contributed by atoms with Gasteiger partial charge in [0.05, 0.1) is 12.5 Å². The minimum atomic E-state index is -0.456. The number of anilines is 1. The summed E-state index contributed by atoms with van der Waals surface area (Å²) in [5.74, 6) is -1.34. The van der Waals surface area contributed by atoms with Gasteiger partial charge in [0, 0.05) is 25.2 Å². The van der Waals surface area contributed by atoms with Crippen LogP contribution in [0.3, 0.4) is 0 Å². The van der Waals surface area contributed by atoms with Crippen LogP contribution in [-0.4, -0.2) is 36.6 Å². The second-order valence-electron chi connectivity index (χ2n) is 4.40. The first-order chi connectivity index (χ1) is 9.11. The smallest absolute Gasteiger partial charge is 0.227 e. The molecular formula is C13H15FN2O3. The molecule has 1 aromatic rings. The third-order valence-electron chi connectivity index (χ3n) is 3.03. The number of aliphatic hydroxyl groups is 1. The van der Waals surface area contributed by atoms with Gasteiger partial charge in [0.1, 0.15) is 5.82 Å². The van der Waals surface area contributed by atoms with Crippen LogP contribution in [0.15, 0.2) is 24.3 Å². The van der Waals surface area contributed by atoms with Gasteiger partial charge >= 0.3 is 0 Å². The molecule has 1 heterocycles. The number of carbonyl (C=O) groups excluding carboxylic acids is 2. The number of carbonyl (C=O) groups is 2. The Morgan fingerprint density at radius 1 is 1.53 bits per heavy atom. The Bertz CT molecular complexity index is 493. The van der Waals surface area contributed by atoms with Crippen molar-refractivity contribution in [2.45, 2.75) is 6.42 Å². The van der Waals surface area contributed by atoms with Crippen LogP contribution in [0, 0.1) is 11.7 Å². The molecule has 1 unspecified atom stereocenters. The average Bonchev–Trinajstić information content (AvgIpc) is 2.78. The molecule has 5 nitrogen and oxygen atoms in total. The second-order valence-corrected chi connectivity index (χ2v) is 4.40. The molecule has 0 spiro atoms. The van der Waals surface area contributed by atoms with Crippen LogP contribution >= 0.6 is 0 Å². The molecule has 0 radical (unpaired) electrons. The van der Waals surface area contributed by atoms with E-state index >= 15 is 0 Å². The molecule has 1 aliphatic rings. The molecule has 1 atom stereocenters. The SMILES string of the molecule is O=C(NCCO)C1CC(=O)N(c2cccc(F)c2)C1. The monoisotopic (exact) mass is 266 g/mol. The molecule has 1 fully saturated rings.